The van der Waals surface area contributed by atoms with E-state index in [1.165, 1.54) is 7.11 Å². The quantitative estimate of drug-likeness (QED) is 0.784. The molecule has 5 heteroatoms. The molecule has 0 aliphatic carbocycles. The molecule has 1 aromatic carbocycles. The standard InChI is InChI=1S/C17H25NO4/c1-5-6-18(3)16(20)14-8-13(7-12(2)11-19)9-15(10-14)17(21)22-4/h8-10,12,19H,5-7,11H2,1-4H3. The number of benzene rings is 1. The number of methoxy groups -OCH3 is 1. The van der Waals surface area contributed by atoms with Crippen molar-refractivity contribution < 1.29 is 19.4 Å². The molecule has 1 N–H and O–H groups in total. The summed E-state index contributed by atoms with van der Waals surface area (Å²) in [6.45, 7) is 4.63. The maximum atomic E-state index is 12.4. The molecule has 5 nitrogen and oxygen atoms in total. The fourth-order valence-electron chi connectivity index (χ4n) is 2.29. The monoisotopic (exact) mass is 307 g/mol. The van der Waals surface area contributed by atoms with E-state index >= 15 is 0 Å². The number of hydrogen-bond acceptors (Lipinski definition) is 4. The van der Waals surface area contributed by atoms with E-state index in [9.17, 15) is 14.7 Å². The van der Waals surface area contributed by atoms with E-state index in [4.69, 9.17) is 4.74 Å². The zero-order valence-corrected chi connectivity index (χ0v) is 13.8. The molecule has 22 heavy (non-hydrogen) atoms. The molecule has 0 aromatic heterocycles. The highest BCUT2D eigenvalue weighted by molar-refractivity contribution is 5.98. The average molecular weight is 307 g/mol. The van der Waals surface area contributed by atoms with Gasteiger partial charge < -0.3 is 14.7 Å². The Hall–Kier alpha value is -1.88. The minimum Gasteiger partial charge on any atom is -0.465 e. The number of esters is 1. The second-order valence-corrected chi connectivity index (χ2v) is 5.63. The molecule has 1 rings (SSSR count). The number of carbonyl (C=O) groups excluding carboxylic acids is 2. The van der Waals surface area contributed by atoms with Crippen LogP contribution in [0.4, 0.5) is 0 Å². The van der Waals surface area contributed by atoms with Crippen LogP contribution in [-0.2, 0) is 11.2 Å². The predicted molar refractivity (Wildman–Crippen MR) is 85.0 cm³/mol. The number of aliphatic hydroxyl groups excluding tert-OH is 1. The molecule has 0 aliphatic heterocycles. The van der Waals surface area contributed by atoms with Crippen molar-refractivity contribution in [1.29, 1.82) is 0 Å². The van der Waals surface area contributed by atoms with E-state index < -0.39 is 5.97 Å². The molecular formula is C17H25NO4. The maximum Gasteiger partial charge on any atom is 0.337 e. The van der Waals surface area contributed by atoms with Crippen molar-refractivity contribution in [2.24, 2.45) is 5.92 Å². The Morgan fingerprint density at radius 2 is 1.91 bits per heavy atom. The summed E-state index contributed by atoms with van der Waals surface area (Å²) in [5.74, 6) is -0.527. The van der Waals surface area contributed by atoms with Crippen molar-refractivity contribution in [1.82, 2.24) is 4.90 Å². The summed E-state index contributed by atoms with van der Waals surface area (Å²) in [6, 6.07) is 5.06. The summed E-state index contributed by atoms with van der Waals surface area (Å²) in [5, 5.41) is 9.19. The number of hydrogen-bond donors (Lipinski definition) is 1. The number of carbonyl (C=O) groups is 2. The minimum atomic E-state index is -0.467. The molecule has 0 spiro atoms. The molecule has 122 valence electrons. The van der Waals surface area contributed by atoms with Gasteiger partial charge in [0.2, 0.25) is 0 Å². The summed E-state index contributed by atoms with van der Waals surface area (Å²) >= 11 is 0. The molecule has 0 radical (unpaired) electrons. The highest BCUT2D eigenvalue weighted by Gasteiger charge is 2.16. The molecule has 0 fully saturated rings. The van der Waals surface area contributed by atoms with E-state index in [0.29, 0.717) is 24.1 Å². The zero-order chi connectivity index (χ0) is 16.7. The van der Waals surface area contributed by atoms with E-state index in [1.807, 2.05) is 13.8 Å². The van der Waals surface area contributed by atoms with Crippen LogP contribution >= 0.6 is 0 Å². The Morgan fingerprint density at radius 1 is 1.27 bits per heavy atom. The Bertz CT molecular complexity index is 527. The SMILES string of the molecule is CCCN(C)C(=O)c1cc(CC(C)CO)cc(C(=O)OC)c1. The van der Waals surface area contributed by atoms with Gasteiger partial charge in [-0.3, -0.25) is 4.79 Å². The van der Waals surface area contributed by atoms with Crippen LogP contribution in [0.1, 0.15) is 46.5 Å². The molecule has 0 saturated heterocycles. The number of rotatable bonds is 7. The van der Waals surface area contributed by atoms with Gasteiger partial charge in [0.1, 0.15) is 0 Å². The third-order valence-corrected chi connectivity index (χ3v) is 3.46. The predicted octanol–water partition coefficient (Wildman–Crippen LogP) is 2.13. The summed E-state index contributed by atoms with van der Waals surface area (Å²) < 4.78 is 4.75. The fourth-order valence-corrected chi connectivity index (χ4v) is 2.29. The van der Waals surface area contributed by atoms with E-state index in [-0.39, 0.29) is 18.4 Å². The smallest absolute Gasteiger partial charge is 0.337 e. The van der Waals surface area contributed by atoms with Gasteiger partial charge >= 0.3 is 5.97 Å². The van der Waals surface area contributed by atoms with E-state index in [1.54, 1.807) is 30.1 Å². The third kappa shape index (κ3) is 4.84. The number of aliphatic hydroxyl groups is 1. The highest BCUT2D eigenvalue weighted by Crippen LogP contribution is 2.17. The van der Waals surface area contributed by atoms with Crippen LogP contribution in [0.2, 0.25) is 0 Å². The Morgan fingerprint density at radius 3 is 2.45 bits per heavy atom. The van der Waals surface area contributed by atoms with Crippen LogP contribution in [0, 0.1) is 5.92 Å². The summed E-state index contributed by atoms with van der Waals surface area (Å²) in [7, 11) is 3.06. The molecule has 0 heterocycles. The van der Waals surface area contributed by atoms with Crippen LogP contribution in [0.5, 0.6) is 0 Å². The van der Waals surface area contributed by atoms with Gasteiger partial charge in [0.25, 0.3) is 5.91 Å². The van der Waals surface area contributed by atoms with Gasteiger partial charge in [0.15, 0.2) is 0 Å². The molecule has 1 amide bonds. The van der Waals surface area contributed by atoms with Gasteiger partial charge in [-0.2, -0.15) is 0 Å². The van der Waals surface area contributed by atoms with Crippen molar-refractivity contribution in [3.05, 3.63) is 34.9 Å². The zero-order valence-electron chi connectivity index (χ0n) is 13.8. The van der Waals surface area contributed by atoms with E-state index in [2.05, 4.69) is 0 Å². The Kier molecular flexibility index (Phi) is 7.05. The first-order chi connectivity index (χ1) is 10.4. The highest BCUT2D eigenvalue weighted by atomic mass is 16.5. The van der Waals surface area contributed by atoms with Crippen LogP contribution in [-0.4, -0.2) is 49.2 Å². The summed E-state index contributed by atoms with van der Waals surface area (Å²) in [6.07, 6.45) is 1.46. The lowest BCUT2D eigenvalue weighted by Gasteiger charge is -2.18. The number of nitrogens with zero attached hydrogens (tertiary/aromatic N) is 1. The van der Waals surface area contributed by atoms with Crippen LogP contribution in [0.25, 0.3) is 0 Å². The third-order valence-electron chi connectivity index (χ3n) is 3.46. The van der Waals surface area contributed by atoms with Crippen molar-refractivity contribution in [3.63, 3.8) is 0 Å². The van der Waals surface area contributed by atoms with Crippen LogP contribution < -0.4 is 0 Å². The lowest BCUT2D eigenvalue weighted by molar-refractivity contribution is 0.0600. The van der Waals surface area contributed by atoms with E-state index in [0.717, 1.165) is 12.0 Å². The fraction of sp³-hybridized carbons (Fsp3) is 0.529. The Labute approximate surface area is 131 Å². The van der Waals surface area contributed by atoms with Gasteiger partial charge in [0, 0.05) is 25.8 Å². The molecule has 1 aromatic rings. The van der Waals surface area contributed by atoms with Crippen molar-refractivity contribution in [2.45, 2.75) is 26.7 Å². The van der Waals surface area contributed by atoms with Crippen LogP contribution in [0.15, 0.2) is 18.2 Å². The molecule has 0 saturated carbocycles. The molecule has 0 aliphatic rings. The minimum absolute atomic E-state index is 0.0570. The lowest BCUT2D eigenvalue weighted by atomic mass is 9.97. The number of ether oxygens (including phenoxy) is 1. The van der Waals surface area contributed by atoms with Crippen molar-refractivity contribution in [2.75, 3.05) is 27.3 Å². The topological polar surface area (TPSA) is 66.8 Å². The maximum absolute atomic E-state index is 12.4. The molecule has 1 unspecified atom stereocenters. The average Bonchev–Trinajstić information content (AvgIpc) is 2.52. The largest absolute Gasteiger partial charge is 0.465 e. The van der Waals surface area contributed by atoms with Gasteiger partial charge in [-0.15, -0.1) is 0 Å². The van der Waals surface area contributed by atoms with Gasteiger partial charge in [-0.05, 0) is 42.5 Å². The normalized spacial score (nSPS) is 11.9. The first-order valence-electron chi connectivity index (χ1n) is 7.51. The molecule has 0 bridgehead atoms. The molecular weight excluding hydrogens is 282 g/mol. The van der Waals surface area contributed by atoms with Crippen molar-refractivity contribution in [3.8, 4) is 0 Å². The first kappa shape index (κ1) is 18.2. The number of amides is 1. The first-order valence-corrected chi connectivity index (χ1v) is 7.51. The molecule has 1 atom stereocenters. The summed E-state index contributed by atoms with van der Waals surface area (Å²) in [4.78, 5) is 25.9. The van der Waals surface area contributed by atoms with Crippen molar-refractivity contribution >= 4 is 11.9 Å². The second-order valence-electron chi connectivity index (χ2n) is 5.63. The van der Waals surface area contributed by atoms with Gasteiger partial charge in [-0.25, -0.2) is 4.79 Å². The van der Waals surface area contributed by atoms with Crippen LogP contribution in [0.3, 0.4) is 0 Å². The Balaban J connectivity index is 3.17. The lowest BCUT2D eigenvalue weighted by Crippen LogP contribution is -2.27. The van der Waals surface area contributed by atoms with Gasteiger partial charge in [0.05, 0.1) is 12.7 Å². The van der Waals surface area contributed by atoms with Gasteiger partial charge in [-0.1, -0.05) is 13.8 Å². The second kappa shape index (κ2) is 8.54. The summed E-state index contributed by atoms with van der Waals surface area (Å²) in [5.41, 5.74) is 1.68.